The molecule has 2 heterocycles. The summed E-state index contributed by atoms with van der Waals surface area (Å²) in [4.78, 5) is 0. The minimum atomic E-state index is -0.410. The molecule has 1 aliphatic heterocycles. The fourth-order valence-electron chi connectivity index (χ4n) is 3.83. The lowest BCUT2D eigenvalue weighted by Gasteiger charge is -2.39. The summed E-state index contributed by atoms with van der Waals surface area (Å²) in [5.74, 6) is 1.69. The van der Waals surface area contributed by atoms with Crippen LogP contribution in [-0.2, 0) is 9.47 Å². The van der Waals surface area contributed by atoms with Gasteiger partial charge in [0.25, 0.3) is 0 Å². The van der Waals surface area contributed by atoms with Crippen LogP contribution in [0, 0.1) is 0 Å². The smallest absolute Gasteiger partial charge is 0.205 e. The van der Waals surface area contributed by atoms with E-state index in [1.807, 2.05) is 36.4 Å². The Morgan fingerprint density at radius 2 is 1.59 bits per heavy atom. The Morgan fingerprint density at radius 3 is 2.22 bits per heavy atom. The van der Waals surface area contributed by atoms with E-state index in [0.717, 1.165) is 16.5 Å². The number of methoxy groups -OCH3 is 4. The van der Waals surface area contributed by atoms with Crippen LogP contribution in [-0.4, -0.2) is 34.5 Å². The van der Waals surface area contributed by atoms with Crippen molar-refractivity contribution in [3.63, 3.8) is 0 Å². The van der Waals surface area contributed by atoms with E-state index in [-0.39, 0.29) is 12.2 Å². The number of hydrogen-bond donors (Lipinski definition) is 0. The minimum absolute atomic E-state index is 0.343. The van der Waals surface area contributed by atoms with Crippen LogP contribution in [0.15, 0.2) is 47.1 Å². The first-order valence-corrected chi connectivity index (χ1v) is 8.67. The zero-order valence-corrected chi connectivity index (χ0v) is 15.7. The number of rotatable bonds is 5. The zero-order valence-electron chi connectivity index (χ0n) is 15.7. The van der Waals surface area contributed by atoms with E-state index in [9.17, 15) is 0 Å². The summed E-state index contributed by atoms with van der Waals surface area (Å²) in [5.41, 5.74) is 2.33. The molecule has 0 aliphatic carbocycles. The molecule has 3 aromatic rings. The molecular weight excluding hydrogens is 348 g/mol. The van der Waals surface area contributed by atoms with Gasteiger partial charge in [0.1, 0.15) is 18.0 Å². The molecule has 2 aromatic carbocycles. The lowest BCUT2D eigenvalue weighted by molar-refractivity contribution is -0.106. The maximum Gasteiger partial charge on any atom is 0.205 e. The van der Waals surface area contributed by atoms with Crippen LogP contribution < -0.4 is 14.2 Å². The summed E-state index contributed by atoms with van der Waals surface area (Å²) in [6.45, 7) is 0. The summed E-state index contributed by atoms with van der Waals surface area (Å²) < 4.78 is 35.1. The van der Waals surface area contributed by atoms with E-state index in [1.54, 1.807) is 34.7 Å². The second-order valence-corrected chi connectivity index (χ2v) is 6.28. The summed E-state index contributed by atoms with van der Waals surface area (Å²) in [6.07, 6.45) is 0.489. The van der Waals surface area contributed by atoms with Gasteiger partial charge in [-0.1, -0.05) is 30.3 Å². The topological polar surface area (TPSA) is 59.3 Å². The monoisotopic (exact) mass is 370 g/mol. The van der Waals surface area contributed by atoms with Crippen LogP contribution in [0.25, 0.3) is 11.0 Å². The number of fused-ring (bicyclic) bond motifs is 3. The molecule has 0 amide bonds. The average Bonchev–Trinajstić information content (AvgIpc) is 3.21. The second-order valence-electron chi connectivity index (χ2n) is 6.28. The van der Waals surface area contributed by atoms with E-state index in [1.165, 1.54) is 0 Å². The first-order chi connectivity index (χ1) is 13.2. The standard InChI is InChI=1S/C21H22O6/c1-22-18-14-16(13-10-11-26-17(13)21(25-4)19(14)23-2)27-15(20(18)24-3)12-8-6-5-7-9-12/h5-11,15,18,20H,1-4H3/t15-,18-,20+/m0/s1. The highest BCUT2D eigenvalue weighted by atomic mass is 16.6. The van der Waals surface area contributed by atoms with Gasteiger partial charge in [-0.3, -0.25) is 0 Å². The predicted molar refractivity (Wildman–Crippen MR) is 99.7 cm³/mol. The van der Waals surface area contributed by atoms with Crippen molar-refractivity contribution >= 4 is 11.0 Å². The van der Waals surface area contributed by atoms with Gasteiger partial charge in [0.05, 0.1) is 31.4 Å². The Morgan fingerprint density at radius 1 is 0.852 bits per heavy atom. The number of furan rings is 1. The molecule has 27 heavy (non-hydrogen) atoms. The van der Waals surface area contributed by atoms with E-state index >= 15 is 0 Å². The molecule has 0 fully saturated rings. The van der Waals surface area contributed by atoms with Crippen molar-refractivity contribution in [3.05, 3.63) is 53.8 Å². The van der Waals surface area contributed by atoms with Gasteiger partial charge in [0.2, 0.25) is 5.75 Å². The molecule has 0 spiro atoms. The summed E-state index contributed by atoms with van der Waals surface area (Å²) >= 11 is 0. The van der Waals surface area contributed by atoms with Gasteiger partial charge in [-0.05, 0) is 11.6 Å². The van der Waals surface area contributed by atoms with Gasteiger partial charge in [-0.15, -0.1) is 0 Å². The number of hydrogen-bond acceptors (Lipinski definition) is 6. The van der Waals surface area contributed by atoms with Crippen LogP contribution in [0.1, 0.15) is 23.3 Å². The van der Waals surface area contributed by atoms with Gasteiger partial charge in [0, 0.05) is 14.2 Å². The lowest BCUT2D eigenvalue weighted by atomic mass is 9.90. The predicted octanol–water partition coefficient (Wildman–Crippen LogP) is 4.29. The molecule has 0 saturated carbocycles. The Bertz CT molecular complexity index is 933. The summed E-state index contributed by atoms with van der Waals surface area (Å²) in [6, 6.07) is 11.8. The fourth-order valence-corrected chi connectivity index (χ4v) is 3.83. The summed E-state index contributed by atoms with van der Waals surface area (Å²) in [7, 11) is 6.48. The molecule has 1 aromatic heterocycles. The van der Waals surface area contributed by atoms with Crippen LogP contribution >= 0.6 is 0 Å². The largest absolute Gasteiger partial charge is 0.492 e. The third kappa shape index (κ3) is 2.64. The van der Waals surface area contributed by atoms with Crippen LogP contribution in [0.5, 0.6) is 17.2 Å². The molecule has 0 saturated heterocycles. The minimum Gasteiger partial charge on any atom is -0.492 e. The molecule has 3 atom stereocenters. The van der Waals surface area contributed by atoms with Crippen molar-refractivity contribution in [2.45, 2.75) is 18.3 Å². The van der Waals surface area contributed by atoms with Crippen LogP contribution in [0.4, 0.5) is 0 Å². The maximum absolute atomic E-state index is 6.47. The first-order valence-electron chi connectivity index (χ1n) is 8.67. The Hall–Kier alpha value is -2.70. The van der Waals surface area contributed by atoms with Crippen molar-refractivity contribution in [2.24, 2.45) is 0 Å². The van der Waals surface area contributed by atoms with Crippen molar-refractivity contribution in [1.29, 1.82) is 0 Å². The second kappa shape index (κ2) is 7.13. The van der Waals surface area contributed by atoms with Crippen molar-refractivity contribution in [3.8, 4) is 17.2 Å². The highest BCUT2D eigenvalue weighted by molar-refractivity contribution is 5.94. The molecular formula is C21H22O6. The Kier molecular flexibility index (Phi) is 4.68. The summed E-state index contributed by atoms with van der Waals surface area (Å²) in [5, 5.41) is 0.806. The van der Waals surface area contributed by atoms with Gasteiger partial charge in [-0.25, -0.2) is 0 Å². The maximum atomic E-state index is 6.47. The van der Waals surface area contributed by atoms with Crippen molar-refractivity contribution in [2.75, 3.05) is 28.4 Å². The molecule has 0 unspecified atom stereocenters. The van der Waals surface area contributed by atoms with E-state index in [0.29, 0.717) is 22.8 Å². The molecule has 0 radical (unpaired) electrons. The Labute approximate surface area is 157 Å². The third-order valence-corrected chi connectivity index (χ3v) is 5.00. The highest BCUT2D eigenvalue weighted by Crippen LogP contribution is 2.55. The molecule has 0 bridgehead atoms. The van der Waals surface area contributed by atoms with E-state index in [2.05, 4.69) is 0 Å². The number of ether oxygens (including phenoxy) is 5. The molecule has 6 nitrogen and oxygen atoms in total. The molecule has 0 N–H and O–H groups in total. The van der Waals surface area contributed by atoms with Gasteiger partial charge >= 0.3 is 0 Å². The molecule has 1 aliphatic rings. The highest BCUT2D eigenvalue weighted by Gasteiger charge is 2.44. The first kappa shape index (κ1) is 17.7. The van der Waals surface area contributed by atoms with Crippen LogP contribution in [0.3, 0.4) is 0 Å². The molecule has 6 heteroatoms. The normalized spacial score (nSPS) is 21.6. The zero-order chi connectivity index (χ0) is 19.0. The van der Waals surface area contributed by atoms with Gasteiger partial charge in [-0.2, -0.15) is 0 Å². The third-order valence-electron chi connectivity index (χ3n) is 5.00. The molecule has 4 rings (SSSR count). The fraction of sp³-hybridized carbons (Fsp3) is 0.333. The molecule has 142 valence electrons. The van der Waals surface area contributed by atoms with E-state index < -0.39 is 6.10 Å². The quantitative estimate of drug-likeness (QED) is 0.668. The number of benzene rings is 2. The van der Waals surface area contributed by atoms with E-state index in [4.69, 9.17) is 28.1 Å². The SMILES string of the molecule is COc1c2c(c3ccoc3c1OC)O[C@@H](c1ccccc1)[C@@H](OC)[C@H]2OC. The van der Waals surface area contributed by atoms with Gasteiger partial charge < -0.3 is 28.1 Å². The van der Waals surface area contributed by atoms with Gasteiger partial charge in [0.15, 0.2) is 17.4 Å². The average molecular weight is 370 g/mol. The van der Waals surface area contributed by atoms with Crippen LogP contribution in [0.2, 0.25) is 0 Å². The Balaban J connectivity index is 1.99. The lowest BCUT2D eigenvalue weighted by Crippen LogP contribution is -2.37. The van der Waals surface area contributed by atoms with Crippen molar-refractivity contribution < 1.29 is 28.1 Å². The van der Waals surface area contributed by atoms with Crippen molar-refractivity contribution in [1.82, 2.24) is 0 Å².